The molecule has 0 aliphatic rings. The molecule has 0 bridgehead atoms. The lowest BCUT2D eigenvalue weighted by Crippen LogP contribution is -2.01. The van der Waals surface area contributed by atoms with Crippen LogP contribution in [0.15, 0.2) is 25.3 Å². The molecule has 1 heteroatoms. The summed E-state index contributed by atoms with van der Waals surface area (Å²) in [4.78, 5) is 0. The first-order valence-corrected chi connectivity index (χ1v) is 5.81. The van der Waals surface area contributed by atoms with Gasteiger partial charge in [-0.2, -0.15) is 0 Å². The monoisotopic (exact) mass is 144 g/mol. The molecule has 0 fully saturated rings. The highest BCUT2D eigenvalue weighted by molar-refractivity contribution is 8.32. The summed E-state index contributed by atoms with van der Waals surface area (Å²) in [7, 11) is -0.418. The van der Waals surface area contributed by atoms with E-state index in [2.05, 4.69) is 25.7 Å². The molecule has 0 heterocycles. The maximum Gasteiger partial charge on any atom is -0.00512 e. The van der Waals surface area contributed by atoms with Gasteiger partial charge < -0.3 is 0 Å². The standard InChI is InChI=1S/C8H16S/c1-5-7-9(3,4)8-6-2/h5-6H,1-2,7-8H2,3-4H3. The van der Waals surface area contributed by atoms with Gasteiger partial charge in [-0.1, -0.05) is 12.2 Å². The molecular formula is C8H16S. The van der Waals surface area contributed by atoms with Gasteiger partial charge in [0.2, 0.25) is 0 Å². The van der Waals surface area contributed by atoms with Crippen LogP contribution in [0, 0.1) is 0 Å². The number of hydrogen-bond donors (Lipinski definition) is 0. The van der Waals surface area contributed by atoms with Gasteiger partial charge in [0.05, 0.1) is 0 Å². The van der Waals surface area contributed by atoms with Gasteiger partial charge >= 0.3 is 0 Å². The van der Waals surface area contributed by atoms with Crippen molar-refractivity contribution in [2.75, 3.05) is 24.0 Å². The third-order valence-corrected chi connectivity index (χ3v) is 3.41. The highest BCUT2D eigenvalue weighted by Gasteiger charge is 2.05. The smallest absolute Gasteiger partial charge is 0.00512 e. The van der Waals surface area contributed by atoms with Crippen molar-refractivity contribution >= 4 is 10.0 Å². The molecule has 0 rings (SSSR count). The topological polar surface area (TPSA) is 0 Å². The van der Waals surface area contributed by atoms with Gasteiger partial charge in [-0.05, 0) is 24.0 Å². The molecule has 0 amide bonds. The lowest BCUT2D eigenvalue weighted by atomic mass is 10.8. The van der Waals surface area contributed by atoms with Crippen LogP contribution in [0.25, 0.3) is 0 Å². The summed E-state index contributed by atoms with van der Waals surface area (Å²) >= 11 is 0. The first-order chi connectivity index (χ1) is 4.12. The van der Waals surface area contributed by atoms with E-state index >= 15 is 0 Å². The molecule has 0 N–H and O–H groups in total. The molecule has 0 aromatic carbocycles. The van der Waals surface area contributed by atoms with Gasteiger partial charge in [0.15, 0.2) is 0 Å². The highest BCUT2D eigenvalue weighted by atomic mass is 32.3. The second-order valence-corrected chi connectivity index (χ2v) is 6.88. The van der Waals surface area contributed by atoms with E-state index in [0.717, 1.165) is 11.5 Å². The molecular weight excluding hydrogens is 128 g/mol. The second-order valence-electron chi connectivity index (χ2n) is 2.68. The van der Waals surface area contributed by atoms with E-state index in [0.29, 0.717) is 0 Å². The van der Waals surface area contributed by atoms with Gasteiger partial charge in [-0.15, -0.1) is 13.2 Å². The quantitative estimate of drug-likeness (QED) is 0.532. The largest absolute Gasteiger partial charge is 0.240 e. The molecule has 0 aliphatic carbocycles. The number of rotatable bonds is 4. The Labute approximate surface area is 60.0 Å². The molecule has 0 atom stereocenters. The van der Waals surface area contributed by atoms with Crippen LogP contribution in [0.5, 0.6) is 0 Å². The van der Waals surface area contributed by atoms with E-state index in [9.17, 15) is 0 Å². The summed E-state index contributed by atoms with van der Waals surface area (Å²) in [5, 5.41) is 0. The van der Waals surface area contributed by atoms with E-state index in [1.807, 2.05) is 12.2 Å². The minimum atomic E-state index is -0.418. The summed E-state index contributed by atoms with van der Waals surface area (Å²) in [5.74, 6) is 2.30. The molecule has 0 aromatic rings. The number of hydrogen-bond acceptors (Lipinski definition) is 0. The highest BCUT2D eigenvalue weighted by Crippen LogP contribution is 2.38. The summed E-state index contributed by atoms with van der Waals surface area (Å²) in [5.41, 5.74) is 0. The molecule has 0 aliphatic heterocycles. The van der Waals surface area contributed by atoms with Gasteiger partial charge in [0, 0.05) is 0 Å². The molecule has 0 spiro atoms. The predicted octanol–water partition coefficient (Wildman–Crippen LogP) is 2.42. The second kappa shape index (κ2) is 3.78. The zero-order chi connectivity index (χ0) is 7.33. The normalized spacial score (nSPS) is 12.7. The van der Waals surface area contributed by atoms with Crippen molar-refractivity contribution in [2.24, 2.45) is 0 Å². The summed E-state index contributed by atoms with van der Waals surface area (Å²) in [6.07, 6.45) is 8.60. The molecule has 0 saturated heterocycles. The maximum atomic E-state index is 3.71. The Morgan fingerprint density at radius 2 is 1.44 bits per heavy atom. The van der Waals surface area contributed by atoms with Crippen LogP contribution >= 0.6 is 10.0 Å². The van der Waals surface area contributed by atoms with E-state index in [4.69, 9.17) is 0 Å². The average molecular weight is 144 g/mol. The molecule has 54 valence electrons. The molecule has 0 unspecified atom stereocenters. The summed E-state index contributed by atoms with van der Waals surface area (Å²) in [6, 6.07) is 0. The van der Waals surface area contributed by atoms with E-state index in [1.54, 1.807) is 0 Å². The Kier molecular flexibility index (Phi) is 3.71. The first kappa shape index (κ1) is 8.83. The fourth-order valence-corrected chi connectivity index (χ4v) is 2.12. The SMILES string of the molecule is C=CCS(C)(C)CC=C. The van der Waals surface area contributed by atoms with Gasteiger partial charge in [0.1, 0.15) is 0 Å². The van der Waals surface area contributed by atoms with Crippen LogP contribution in [0.3, 0.4) is 0 Å². The van der Waals surface area contributed by atoms with Crippen molar-refractivity contribution in [1.29, 1.82) is 0 Å². The van der Waals surface area contributed by atoms with E-state index in [-0.39, 0.29) is 0 Å². The first-order valence-electron chi connectivity index (χ1n) is 3.03. The Balaban J connectivity index is 3.68. The van der Waals surface area contributed by atoms with E-state index in [1.165, 1.54) is 0 Å². The van der Waals surface area contributed by atoms with Crippen molar-refractivity contribution < 1.29 is 0 Å². The zero-order valence-electron chi connectivity index (χ0n) is 6.39. The van der Waals surface area contributed by atoms with E-state index < -0.39 is 10.0 Å². The third-order valence-electron chi connectivity index (χ3n) is 1.14. The predicted molar refractivity (Wildman–Crippen MR) is 49.6 cm³/mol. The van der Waals surface area contributed by atoms with Crippen LogP contribution in [-0.2, 0) is 0 Å². The molecule has 0 aromatic heterocycles. The van der Waals surface area contributed by atoms with Gasteiger partial charge in [-0.3, -0.25) is 0 Å². The molecule has 0 radical (unpaired) electrons. The zero-order valence-corrected chi connectivity index (χ0v) is 7.21. The lowest BCUT2D eigenvalue weighted by Gasteiger charge is -2.27. The molecule has 0 nitrogen and oxygen atoms in total. The fraction of sp³-hybridized carbons (Fsp3) is 0.500. The fourth-order valence-electron chi connectivity index (χ4n) is 0.706. The van der Waals surface area contributed by atoms with Crippen LogP contribution in [0.1, 0.15) is 0 Å². The third kappa shape index (κ3) is 4.34. The molecule has 0 saturated carbocycles. The summed E-state index contributed by atoms with van der Waals surface area (Å²) in [6.45, 7) is 7.43. The minimum absolute atomic E-state index is 0.418. The van der Waals surface area contributed by atoms with Crippen molar-refractivity contribution in [3.05, 3.63) is 25.3 Å². The van der Waals surface area contributed by atoms with Crippen LogP contribution in [0.2, 0.25) is 0 Å². The van der Waals surface area contributed by atoms with Crippen LogP contribution < -0.4 is 0 Å². The molecule has 9 heavy (non-hydrogen) atoms. The van der Waals surface area contributed by atoms with Crippen molar-refractivity contribution in [3.8, 4) is 0 Å². The maximum absolute atomic E-state index is 3.71. The van der Waals surface area contributed by atoms with Crippen molar-refractivity contribution in [3.63, 3.8) is 0 Å². The van der Waals surface area contributed by atoms with Gasteiger partial charge in [-0.25, -0.2) is 10.0 Å². The average Bonchev–Trinajstić information content (AvgIpc) is 1.64. The lowest BCUT2D eigenvalue weighted by molar-refractivity contribution is 1.65. The Hall–Kier alpha value is -0.170. The summed E-state index contributed by atoms with van der Waals surface area (Å²) < 4.78 is 0. The van der Waals surface area contributed by atoms with Gasteiger partial charge in [0.25, 0.3) is 0 Å². The van der Waals surface area contributed by atoms with Crippen molar-refractivity contribution in [1.82, 2.24) is 0 Å². The van der Waals surface area contributed by atoms with Crippen molar-refractivity contribution in [2.45, 2.75) is 0 Å². The Morgan fingerprint density at radius 1 is 1.11 bits per heavy atom. The Morgan fingerprint density at radius 3 is 1.67 bits per heavy atom. The minimum Gasteiger partial charge on any atom is -0.240 e. The van der Waals surface area contributed by atoms with Crippen LogP contribution in [-0.4, -0.2) is 24.0 Å². The van der Waals surface area contributed by atoms with Crippen LogP contribution in [0.4, 0.5) is 0 Å². The Bertz CT molecular complexity index is 91.1.